The van der Waals surface area contributed by atoms with Gasteiger partial charge in [0.2, 0.25) is 10.0 Å². The molecule has 0 bridgehead atoms. The summed E-state index contributed by atoms with van der Waals surface area (Å²) in [6, 6.07) is 7.92. The second-order valence-electron chi connectivity index (χ2n) is 5.49. The SMILES string of the molecule is Cc1ccccc1C1CCCN1S(=O)(=O)c1cn[nH]c1C. The minimum Gasteiger partial charge on any atom is -0.281 e. The summed E-state index contributed by atoms with van der Waals surface area (Å²) < 4.78 is 27.4. The van der Waals surface area contributed by atoms with E-state index < -0.39 is 10.0 Å². The zero-order chi connectivity index (χ0) is 15.0. The summed E-state index contributed by atoms with van der Waals surface area (Å²) in [4.78, 5) is 0.281. The van der Waals surface area contributed by atoms with Gasteiger partial charge in [0.05, 0.1) is 17.9 Å². The Morgan fingerprint density at radius 1 is 1.29 bits per heavy atom. The van der Waals surface area contributed by atoms with E-state index in [0.717, 1.165) is 24.0 Å². The second-order valence-corrected chi connectivity index (χ2v) is 7.35. The molecule has 0 aliphatic carbocycles. The largest absolute Gasteiger partial charge is 0.281 e. The lowest BCUT2D eigenvalue weighted by atomic mass is 10.0. The van der Waals surface area contributed by atoms with Crippen LogP contribution in [0.25, 0.3) is 0 Å². The number of aromatic amines is 1. The molecule has 2 heterocycles. The third-order valence-electron chi connectivity index (χ3n) is 4.12. The minimum atomic E-state index is -3.50. The molecule has 112 valence electrons. The van der Waals surface area contributed by atoms with E-state index in [0.29, 0.717) is 12.2 Å². The lowest BCUT2D eigenvalue weighted by Gasteiger charge is -2.25. The molecule has 1 aliphatic rings. The van der Waals surface area contributed by atoms with E-state index in [1.54, 1.807) is 11.2 Å². The molecular formula is C15H19N3O2S. The first-order valence-corrected chi connectivity index (χ1v) is 8.53. The molecule has 21 heavy (non-hydrogen) atoms. The van der Waals surface area contributed by atoms with E-state index in [4.69, 9.17) is 0 Å². The van der Waals surface area contributed by atoms with Crippen LogP contribution in [0.3, 0.4) is 0 Å². The van der Waals surface area contributed by atoms with Gasteiger partial charge in [0.1, 0.15) is 4.90 Å². The number of hydrogen-bond donors (Lipinski definition) is 1. The molecule has 1 N–H and O–H groups in total. The van der Waals surface area contributed by atoms with Crippen molar-refractivity contribution >= 4 is 10.0 Å². The molecule has 5 nitrogen and oxygen atoms in total. The van der Waals surface area contributed by atoms with Crippen LogP contribution >= 0.6 is 0 Å². The number of rotatable bonds is 3. The first-order chi connectivity index (χ1) is 10.0. The van der Waals surface area contributed by atoms with Crippen LogP contribution in [0, 0.1) is 13.8 Å². The van der Waals surface area contributed by atoms with Crippen LogP contribution in [0.2, 0.25) is 0 Å². The van der Waals surface area contributed by atoms with Crippen LogP contribution < -0.4 is 0 Å². The van der Waals surface area contributed by atoms with Crippen LogP contribution in [0.4, 0.5) is 0 Å². The number of hydrogen-bond acceptors (Lipinski definition) is 3. The van der Waals surface area contributed by atoms with Crippen molar-refractivity contribution in [1.29, 1.82) is 0 Å². The van der Waals surface area contributed by atoms with Crippen molar-refractivity contribution < 1.29 is 8.42 Å². The molecule has 0 amide bonds. The fourth-order valence-electron chi connectivity index (χ4n) is 3.03. The average molecular weight is 305 g/mol. The molecule has 1 unspecified atom stereocenters. The first kappa shape index (κ1) is 14.3. The van der Waals surface area contributed by atoms with Crippen molar-refractivity contribution in [3.05, 3.63) is 47.3 Å². The van der Waals surface area contributed by atoms with E-state index in [2.05, 4.69) is 10.2 Å². The van der Waals surface area contributed by atoms with Crippen LogP contribution in [0.15, 0.2) is 35.4 Å². The van der Waals surface area contributed by atoms with Gasteiger partial charge in [-0.25, -0.2) is 8.42 Å². The number of nitrogens with one attached hydrogen (secondary N) is 1. The Morgan fingerprint density at radius 3 is 2.71 bits per heavy atom. The van der Waals surface area contributed by atoms with Gasteiger partial charge in [0.15, 0.2) is 0 Å². The highest BCUT2D eigenvalue weighted by atomic mass is 32.2. The van der Waals surface area contributed by atoms with Crippen molar-refractivity contribution in [2.45, 2.75) is 37.6 Å². The summed E-state index contributed by atoms with van der Waals surface area (Å²) in [5.74, 6) is 0. The average Bonchev–Trinajstić information content (AvgIpc) is 3.08. The van der Waals surface area contributed by atoms with Crippen molar-refractivity contribution in [3.63, 3.8) is 0 Å². The second kappa shape index (κ2) is 5.27. The first-order valence-electron chi connectivity index (χ1n) is 7.09. The zero-order valence-electron chi connectivity index (χ0n) is 12.2. The third-order valence-corrected chi connectivity index (χ3v) is 6.14. The molecule has 1 saturated heterocycles. The van der Waals surface area contributed by atoms with Gasteiger partial charge in [0.25, 0.3) is 0 Å². The third kappa shape index (κ3) is 2.38. The molecule has 3 rings (SSSR count). The molecule has 1 aliphatic heterocycles. The Hall–Kier alpha value is -1.66. The van der Waals surface area contributed by atoms with Gasteiger partial charge < -0.3 is 0 Å². The summed E-state index contributed by atoms with van der Waals surface area (Å²) in [6.07, 6.45) is 3.15. The predicted molar refractivity (Wildman–Crippen MR) is 80.4 cm³/mol. The van der Waals surface area contributed by atoms with Crippen LogP contribution in [0.5, 0.6) is 0 Å². The molecule has 0 spiro atoms. The monoisotopic (exact) mass is 305 g/mol. The van der Waals surface area contributed by atoms with Crippen LogP contribution in [-0.2, 0) is 10.0 Å². The molecule has 1 aromatic heterocycles. The lowest BCUT2D eigenvalue weighted by molar-refractivity contribution is 0.395. The van der Waals surface area contributed by atoms with E-state index in [1.807, 2.05) is 31.2 Å². The van der Waals surface area contributed by atoms with Gasteiger partial charge in [-0.2, -0.15) is 9.40 Å². The molecule has 0 saturated carbocycles. The number of H-pyrrole nitrogens is 1. The highest BCUT2D eigenvalue weighted by Gasteiger charge is 2.37. The maximum atomic E-state index is 12.9. The predicted octanol–water partition coefficient (Wildman–Crippen LogP) is 2.55. The van der Waals surface area contributed by atoms with Crippen molar-refractivity contribution in [3.8, 4) is 0 Å². The fraction of sp³-hybridized carbons (Fsp3) is 0.400. The number of sulfonamides is 1. The molecule has 6 heteroatoms. The summed E-state index contributed by atoms with van der Waals surface area (Å²) >= 11 is 0. The Balaban J connectivity index is 2.02. The molecule has 1 aromatic carbocycles. The zero-order valence-corrected chi connectivity index (χ0v) is 13.0. The summed E-state index contributed by atoms with van der Waals surface area (Å²) in [7, 11) is -3.50. The Kier molecular flexibility index (Phi) is 3.59. The van der Waals surface area contributed by atoms with Gasteiger partial charge in [0, 0.05) is 6.54 Å². The standard InChI is InChI=1S/C15H19N3O2S/c1-11-6-3-4-7-13(11)14-8-5-9-18(14)21(19,20)15-10-16-17-12(15)2/h3-4,6-7,10,14H,5,8-9H2,1-2H3,(H,16,17). The number of benzene rings is 1. The van der Waals surface area contributed by atoms with E-state index in [-0.39, 0.29) is 10.9 Å². The van der Waals surface area contributed by atoms with Gasteiger partial charge in [-0.15, -0.1) is 0 Å². The summed E-state index contributed by atoms with van der Waals surface area (Å²) in [6.45, 7) is 4.33. The van der Waals surface area contributed by atoms with Crippen molar-refractivity contribution in [2.24, 2.45) is 0 Å². The molecular weight excluding hydrogens is 286 g/mol. The lowest BCUT2D eigenvalue weighted by Crippen LogP contribution is -2.31. The topological polar surface area (TPSA) is 66.1 Å². The smallest absolute Gasteiger partial charge is 0.247 e. The van der Waals surface area contributed by atoms with Crippen LogP contribution in [-0.4, -0.2) is 29.5 Å². The highest BCUT2D eigenvalue weighted by Crippen LogP contribution is 2.37. The van der Waals surface area contributed by atoms with Gasteiger partial charge >= 0.3 is 0 Å². The Labute approximate surface area is 125 Å². The van der Waals surface area contributed by atoms with E-state index in [9.17, 15) is 8.42 Å². The van der Waals surface area contributed by atoms with Crippen molar-refractivity contribution in [2.75, 3.05) is 6.54 Å². The minimum absolute atomic E-state index is 0.0782. The van der Waals surface area contributed by atoms with Crippen LogP contribution in [0.1, 0.15) is 35.7 Å². The number of aromatic nitrogens is 2. The summed E-state index contributed by atoms with van der Waals surface area (Å²) in [5.41, 5.74) is 2.82. The highest BCUT2D eigenvalue weighted by molar-refractivity contribution is 7.89. The van der Waals surface area contributed by atoms with Gasteiger partial charge in [-0.1, -0.05) is 24.3 Å². The van der Waals surface area contributed by atoms with Crippen molar-refractivity contribution in [1.82, 2.24) is 14.5 Å². The Bertz CT molecular complexity index is 752. The molecule has 1 fully saturated rings. The maximum absolute atomic E-state index is 12.9. The number of nitrogens with zero attached hydrogens (tertiary/aromatic N) is 2. The Morgan fingerprint density at radius 2 is 2.05 bits per heavy atom. The van der Waals surface area contributed by atoms with Gasteiger partial charge in [-0.3, -0.25) is 5.10 Å². The fourth-order valence-corrected chi connectivity index (χ4v) is 4.82. The van der Waals surface area contributed by atoms with E-state index in [1.165, 1.54) is 6.20 Å². The summed E-state index contributed by atoms with van der Waals surface area (Å²) in [5, 5.41) is 6.55. The van der Waals surface area contributed by atoms with Gasteiger partial charge in [-0.05, 0) is 37.8 Å². The molecule has 1 atom stereocenters. The normalized spacial score (nSPS) is 20.0. The molecule has 0 radical (unpaired) electrons. The van der Waals surface area contributed by atoms with E-state index >= 15 is 0 Å². The number of aryl methyl sites for hydroxylation is 2. The quantitative estimate of drug-likeness (QED) is 0.947. The molecule has 2 aromatic rings. The maximum Gasteiger partial charge on any atom is 0.247 e.